The fourth-order valence-corrected chi connectivity index (χ4v) is 1.36. The Morgan fingerprint density at radius 2 is 1.76 bits per heavy atom. The normalized spacial score (nSPS) is 11.6. The molecule has 0 aromatic rings. The number of nitrogens with one attached hydrogen (secondary N) is 2. The summed E-state index contributed by atoms with van der Waals surface area (Å²) in [6, 6.07) is -0.385. The molecule has 0 saturated carbocycles. The molecule has 0 spiro atoms. The molecule has 0 rings (SSSR count). The standard InChI is InChI=1S/C11H20N2O4/c1-3-12-9(14)5-4-6-10(15)13-8(2)7-11(16)17/h8H,3-7H2,1-2H3,(H,12,14)(H,13,15)(H,16,17). The van der Waals surface area contributed by atoms with Crippen molar-refractivity contribution in [2.75, 3.05) is 6.54 Å². The molecule has 0 heterocycles. The molecule has 98 valence electrons. The van der Waals surface area contributed by atoms with Crippen LogP contribution in [0.25, 0.3) is 0 Å². The first kappa shape index (κ1) is 15.4. The van der Waals surface area contributed by atoms with Crippen LogP contribution in [-0.4, -0.2) is 35.5 Å². The van der Waals surface area contributed by atoms with Crippen LogP contribution in [0.3, 0.4) is 0 Å². The van der Waals surface area contributed by atoms with Crippen molar-refractivity contribution in [2.45, 2.75) is 45.6 Å². The van der Waals surface area contributed by atoms with Gasteiger partial charge in [0.05, 0.1) is 6.42 Å². The molecule has 17 heavy (non-hydrogen) atoms. The Hall–Kier alpha value is -1.59. The zero-order chi connectivity index (χ0) is 13.3. The van der Waals surface area contributed by atoms with E-state index in [1.54, 1.807) is 6.92 Å². The van der Waals surface area contributed by atoms with Crippen LogP contribution in [0, 0.1) is 0 Å². The van der Waals surface area contributed by atoms with Crippen LogP contribution in [0.5, 0.6) is 0 Å². The van der Waals surface area contributed by atoms with Gasteiger partial charge in [-0.1, -0.05) is 0 Å². The van der Waals surface area contributed by atoms with E-state index in [2.05, 4.69) is 10.6 Å². The van der Waals surface area contributed by atoms with Crippen molar-refractivity contribution in [1.82, 2.24) is 10.6 Å². The first-order valence-electron chi connectivity index (χ1n) is 5.73. The summed E-state index contributed by atoms with van der Waals surface area (Å²) in [6.45, 7) is 4.05. The number of hydrogen-bond acceptors (Lipinski definition) is 3. The van der Waals surface area contributed by atoms with E-state index < -0.39 is 5.97 Å². The number of aliphatic carboxylic acids is 1. The fraction of sp³-hybridized carbons (Fsp3) is 0.727. The van der Waals surface area contributed by atoms with Crippen molar-refractivity contribution in [1.29, 1.82) is 0 Å². The zero-order valence-corrected chi connectivity index (χ0v) is 10.3. The lowest BCUT2D eigenvalue weighted by Crippen LogP contribution is -2.34. The van der Waals surface area contributed by atoms with E-state index in [1.807, 2.05) is 6.92 Å². The van der Waals surface area contributed by atoms with Gasteiger partial charge in [0.1, 0.15) is 0 Å². The van der Waals surface area contributed by atoms with Crippen LogP contribution >= 0.6 is 0 Å². The first-order chi connectivity index (χ1) is 7.95. The van der Waals surface area contributed by atoms with Crippen molar-refractivity contribution >= 4 is 17.8 Å². The monoisotopic (exact) mass is 244 g/mol. The Labute approximate surface area is 101 Å². The minimum Gasteiger partial charge on any atom is -0.481 e. The molecule has 0 aromatic carbocycles. The maximum Gasteiger partial charge on any atom is 0.305 e. The SMILES string of the molecule is CCNC(=O)CCCC(=O)NC(C)CC(=O)O. The number of amides is 2. The van der Waals surface area contributed by atoms with Gasteiger partial charge in [-0.2, -0.15) is 0 Å². The second-order valence-corrected chi connectivity index (χ2v) is 3.87. The maximum absolute atomic E-state index is 11.3. The fourth-order valence-electron chi connectivity index (χ4n) is 1.36. The van der Waals surface area contributed by atoms with Crippen molar-refractivity contribution in [3.63, 3.8) is 0 Å². The second kappa shape index (κ2) is 8.55. The summed E-state index contributed by atoms with van der Waals surface area (Å²) in [5.41, 5.74) is 0. The number of carboxylic acid groups (broad SMARTS) is 1. The van der Waals surface area contributed by atoms with Gasteiger partial charge >= 0.3 is 5.97 Å². The highest BCUT2D eigenvalue weighted by Gasteiger charge is 2.11. The highest BCUT2D eigenvalue weighted by molar-refractivity contribution is 5.79. The predicted molar refractivity (Wildman–Crippen MR) is 62.4 cm³/mol. The third-order valence-electron chi connectivity index (χ3n) is 2.07. The summed E-state index contributed by atoms with van der Waals surface area (Å²) in [5, 5.41) is 13.7. The molecule has 0 radical (unpaired) electrons. The molecule has 0 fully saturated rings. The first-order valence-corrected chi connectivity index (χ1v) is 5.73. The van der Waals surface area contributed by atoms with Crippen LogP contribution in [0.15, 0.2) is 0 Å². The van der Waals surface area contributed by atoms with Gasteiger partial charge in [-0.25, -0.2) is 0 Å². The van der Waals surface area contributed by atoms with Gasteiger partial charge in [-0.05, 0) is 20.3 Å². The smallest absolute Gasteiger partial charge is 0.305 e. The van der Waals surface area contributed by atoms with Gasteiger partial charge in [0.2, 0.25) is 11.8 Å². The number of carboxylic acids is 1. The Balaban J connectivity index is 3.65. The minimum absolute atomic E-state index is 0.0705. The molecule has 0 aliphatic rings. The Morgan fingerprint density at radius 3 is 2.29 bits per heavy atom. The molecule has 1 unspecified atom stereocenters. The van der Waals surface area contributed by atoms with Crippen molar-refractivity contribution in [3.8, 4) is 0 Å². The van der Waals surface area contributed by atoms with E-state index in [0.29, 0.717) is 19.4 Å². The van der Waals surface area contributed by atoms with Crippen molar-refractivity contribution < 1.29 is 19.5 Å². The zero-order valence-electron chi connectivity index (χ0n) is 10.3. The van der Waals surface area contributed by atoms with Crippen LogP contribution in [0.4, 0.5) is 0 Å². The van der Waals surface area contributed by atoms with Crippen molar-refractivity contribution in [2.24, 2.45) is 0 Å². The van der Waals surface area contributed by atoms with Crippen LogP contribution < -0.4 is 10.6 Å². The highest BCUT2D eigenvalue weighted by atomic mass is 16.4. The molecule has 0 aromatic heterocycles. The van der Waals surface area contributed by atoms with Gasteiger partial charge in [0.25, 0.3) is 0 Å². The summed E-state index contributed by atoms with van der Waals surface area (Å²) >= 11 is 0. The molecule has 6 heteroatoms. The summed E-state index contributed by atoms with van der Waals surface area (Å²) in [4.78, 5) is 32.8. The third-order valence-corrected chi connectivity index (χ3v) is 2.07. The molecule has 6 nitrogen and oxygen atoms in total. The van der Waals surface area contributed by atoms with E-state index in [-0.39, 0.29) is 30.7 Å². The number of hydrogen-bond donors (Lipinski definition) is 3. The van der Waals surface area contributed by atoms with E-state index in [0.717, 1.165) is 0 Å². The van der Waals surface area contributed by atoms with E-state index in [9.17, 15) is 14.4 Å². The van der Waals surface area contributed by atoms with Crippen LogP contribution in [0.2, 0.25) is 0 Å². The molecule has 1 atom stereocenters. The molecule has 0 aliphatic heterocycles. The summed E-state index contributed by atoms with van der Waals surface area (Å²) < 4.78 is 0. The van der Waals surface area contributed by atoms with E-state index in [4.69, 9.17) is 5.11 Å². The molecule has 0 bridgehead atoms. The Morgan fingerprint density at radius 1 is 1.18 bits per heavy atom. The van der Waals surface area contributed by atoms with E-state index >= 15 is 0 Å². The lowest BCUT2D eigenvalue weighted by Gasteiger charge is -2.11. The lowest BCUT2D eigenvalue weighted by molar-refractivity contribution is -0.137. The Kier molecular flexibility index (Phi) is 7.75. The molecular weight excluding hydrogens is 224 g/mol. The number of carbonyl (C=O) groups excluding carboxylic acids is 2. The quantitative estimate of drug-likeness (QED) is 0.571. The van der Waals surface area contributed by atoms with Crippen LogP contribution in [-0.2, 0) is 14.4 Å². The van der Waals surface area contributed by atoms with Gasteiger partial charge in [0.15, 0.2) is 0 Å². The van der Waals surface area contributed by atoms with E-state index in [1.165, 1.54) is 0 Å². The largest absolute Gasteiger partial charge is 0.481 e. The minimum atomic E-state index is -0.944. The molecule has 0 saturated heterocycles. The topological polar surface area (TPSA) is 95.5 Å². The summed E-state index contributed by atoms with van der Waals surface area (Å²) in [6.07, 6.45) is 0.926. The van der Waals surface area contributed by atoms with Crippen molar-refractivity contribution in [3.05, 3.63) is 0 Å². The van der Waals surface area contributed by atoms with Gasteiger partial charge < -0.3 is 15.7 Å². The predicted octanol–water partition coefficient (Wildman–Crippen LogP) is 0.272. The second-order valence-electron chi connectivity index (χ2n) is 3.87. The Bertz CT molecular complexity index is 279. The van der Waals surface area contributed by atoms with Gasteiger partial charge in [-0.15, -0.1) is 0 Å². The number of carbonyl (C=O) groups is 3. The van der Waals surface area contributed by atoms with Gasteiger partial charge in [-0.3, -0.25) is 14.4 Å². The summed E-state index contributed by atoms with van der Waals surface area (Å²) in [5.74, 6) is -1.23. The average Bonchev–Trinajstić information content (AvgIpc) is 2.16. The molecule has 3 N–H and O–H groups in total. The molecule has 0 aliphatic carbocycles. The number of rotatable bonds is 8. The third kappa shape index (κ3) is 9.35. The molecule has 2 amide bonds. The summed E-state index contributed by atoms with van der Waals surface area (Å²) in [7, 11) is 0. The van der Waals surface area contributed by atoms with Gasteiger partial charge in [0, 0.05) is 25.4 Å². The average molecular weight is 244 g/mol. The highest BCUT2D eigenvalue weighted by Crippen LogP contribution is 1.97. The maximum atomic E-state index is 11.3. The van der Waals surface area contributed by atoms with Crippen LogP contribution in [0.1, 0.15) is 39.5 Å². The molecular formula is C11H20N2O4. The lowest BCUT2D eigenvalue weighted by atomic mass is 10.2.